The first-order valence-electron chi connectivity index (χ1n) is 9.89. The molecule has 2 aromatic carbocycles. The standard InChI is InChI=1S/C23H24N2O5S/c1-4-28-19-11-10-17(12-20(19)29-5-2)22(27)30-13-21(26)25-23-24-18(14-31-23)16-8-6-15(3)7-9-16/h6-12,14H,4-5,13H2,1-3H3,(H,24,25,26). The maximum atomic E-state index is 12.3. The zero-order chi connectivity index (χ0) is 22.2. The summed E-state index contributed by atoms with van der Waals surface area (Å²) >= 11 is 1.31. The smallest absolute Gasteiger partial charge is 0.338 e. The van der Waals surface area contributed by atoms with Gasteiger partial charge in [-0.2, -0.15) is 0 Å². The van der Waals surface area contributed by atoms with E-state index in [1.165, 1.54) is 11.3 Å². The molecule has 31 heavy (non-hydrogen) atoms. The number of nitrogens with zero attached hydrogens (tertiary/aromatic N) is 1. The molecular weight excluding hydrogens is 416 g/mol. The quantitative estimate of drug-likeness (QED) is 0.485. The summed E-state index contributed by atoms with van der Waals surface area (Å²) in [6.07, 6.45) is 0. The van der Waals surface area contributed by atoms with Gasteiger partial charge >= 0.3 is 5.97 Å². The molecule has 0 radical (unpaired) electrons. The Bertz CT molecular complexity index is 1050. The van der Waals surface area contributed by atoms with Gasteiger partial charge in [-0.05, 0) is 39.0 Å². The summed E-state index contributed by atoms with van der Waals surface area (Å²) in [5.74, 6) is -0.0887. The van der Waals surface area contributed by atoms with Crippen LogP contribution >= 0.6 is 11.3 Å². The highest BCUT2D eigenvalue weighted by molar-refractivity contribution is 7.14. The van der Waals surface area contributed by atoms with Crippen LogP contribution in [0.15, 0.2) is 47.8 Å². The predicted octanol–water partition coefficient (Wildman–Crippen LogP) is 4.71. The molecule has 7 nitrogen and oxygen atoms in total. The van der Waals surface area contributed by atoms with Gasteiger partial charge < -0.3 is 14.2 Å². The molecule has 0 bridgehead atoms. The zero-order valence-electron chi connectivity index (χ0n) is 17.6. The maximum absolute atomic E-state index is 12.3. The highest BCUT2D eigenvalue weighted by Crippen LogP contribution is 2.29. The number of aromatic nitrogens is 1. The Labute approximate surface area is 185 Å². The van der Waals surface area contributed by atoms with E-state index in [1.54, 1.807) is 18.2 Å². The minimum atomic E-state index is -0.626. The van der Waals surface area contributed by atoms with Crippen LogP contribution in [0.25, 0.3) is 11.3 Å². The number of esters is 1. The van der Waals surface area contributed by atoms with Gasteiger partial charge in [-0.1, -0.05) is 29.8 Å². The molecule has 0 aliphatic heterocycles. The lowest BCUT2D eigenvalue weighted by Crippen LogP contribution is -2.20. The third kappa shape index (κ3) is 6.05. The van der Waals surface area contributed by atoms with Crippen LogP contribution in [-0.4, -0.2) is 36.7 Å². The molecule has 162 valence electrons. The van der Waals surface area contributed by atoms with E-state index in [4.69, 9.17) is 14.2 Å². The van der Waals surface area contributed by atoms with Crippen molar-refractivity contribution < 1.29 is 23.8 Å². The van der Waals surface area contributed by atoms with E-state index in [-0.39, 0.29) is 5.56 Å². The van der Waals surface area contributed by atoms with Gasteiger partial charge in [0.05, 0.1) is 24.5 Å². The fourth-order valence-electron chi connectivity index (χ4n) is 2.74. The molecule has 0 saturated heterocycles. The molecular formula is C23H24N2O5S. The fourth-order valence-corrected chi connectivity index (χ4v) is 3.47. The Morgan fingerprint density at radius 1 is 1.00 bits per heavy atom. The van der Waals surface area contributed by atoms with Crippen molar-refractivity contribution in [3.05, 3.63) is 59.0 Å². The SMILES string of the molecule is CCOc1ccc(C(=O)OCC(=O)Nc2nc(-c3ccc(C)cc3)cs2)cc1OCC. The average molecular weight is 441 g/mol. The molecule has 0 aliphatic carbocycles. The van der Waals surface area contributed by atoms with E-state index < -0.39 is 18.5 Å². The zero-order valence-corrected chi connectivity index (χ0v) is 18.5. The molecule has 1 aromatic heterocycles. The van der Waals surface area contributed by atoms with E-state index in [0.29, 0.717) is 29.8 Å². The topological polar surface area (TPSA) is 86.8 Å². The Balaban J connectivity index is 1.56. The second-order valence-corrected chi connectivity index (χ2v) is 7.41. The molecule has 0 saturated carbocycles. The van der Waals surface area contributed by atoms with Gasteiger partial charge in [0.15, 0.2) is 23.2 Å². The third-order valence-electron chi connectivity index (χ3n) is 4.21. The summed E-state index contributed by atoms with van der Waals surface area (Å²) in [5, 5.41) is 4.96. The number of rotatable bonds is 9. The highest BCUT2D eigenvalue weighted by atomic mass is 32.1. The molecule has 1 N–H and O–H groups in total. The summed E-state index contributed by atoms with van der Waals surface area (Å²) in [6.45, 7) is 6.21. The second-order valence-electron chi connectivity index (χ2n) is 6.56. The number of amides is 1. The number of hydrogen-bond donors (Lipinski definition) is 1. The molecule has 0 aliphatic rings. The number of carbonyl (C=O) groups excluding carboxylic acids is 2. The van der Waals surface area contributed by atoms with Crippen molar-refractivity contribution in [1.29, 1.82) is 0 Å². The molecule has 0 atom stereocenters. The van der Waals surface area contributed by atoms with E-state index in [9.17, 15) is 9.59 Å². The van der Waals surface area contributed by atoms with Gasteiger partial charge in [-0.15, -0.1) is 11.3 Å². The van der Waals surface area contributed by atoms with Gasteiger partial charge in [0.2, 0.25) is 0 Å². The first-order valence-corrected chi connectivity index (χ1v) is 10.8. The van der Waals surface area contributed by atoms with Crippen molar-refractivity contribution in [2.75, 3.05) is 25.1 Å². The Morgan fingerprint density at radius 2 is 1.71 bits per heavy atom. The first-order chi connectivity index (χ1) is 15.0. The number of aryl methyl sites for hydroxylation is 1. The Hall–Kier alpha value is -3.39. The van der Waals surface area contributed by atoms with Crippen molar-refractivity contribution in [2.45, 2.75) is 20.8 Å². The normalized spacial score (nSPS) is 10.4. The summed E-state index contributed by atoms with van der Waals surface area (Å²) < 4.78 is 16.1. The monoisotopic (exact) mass is 440 g/mol. The molecule has 0 spiro atoms. The fraction of sp³-hybridized carbons (Fsp3) is 0.261. The number of benzene rings is 2. The van der Waals surface area contributed by atoms with Crippen LogP contribution in [0, 0.1) is 6.92 Å². The van der Waals surface area contributed by atoms with Crippen molar-refractivity contribution >= 4 is 28.3 Å². The lowest BCUT2D eigenvalue weighted by Gasteiger charge is -2.12. The van der Waals surface area contributed by atoms with Gasteiger partial charge in [0.25, 0.3) is 5.91 Å². The van der Waals surface area contributed by atoms with Crippen molar-refractivity contribution in [2.24, 2.45) is 0 Å². The molecule has 3 rings (SSSR count). The summed E-state index contributed by atoms with van der Waals surface area (Å²) in [4.78, 5) is 28.9. The molecule has 1 heterocycles. The summed E-state index contributed by atoms with van der Waals surface area (Å²) in [6, 6.07) is 12.7. The molecule has 0 unspecified atom stereocenters. The number of ether oxygens (including phenoxy) is 3. The molecule has 0 fully saturated rings. The Kier molecular flexibility index (Phi) is 7.61. The van der Waals surface area contributed by atoms with Crippen LogP contribution < -0.4 is 14.8 Å². The number of anilines is 1. The second kappa shape index (κ2) is 10.6. The van der Waals surface area contributed by atoms with Crippen molar-refractivity contribution in [3.63, 3.8) is 0 Å². The summed E-state index contributed by atoms with van der Waals surface area (Å²) in [7, 11) is 0. The van der Waals surface area contributed by atoms with Crippen LogP contribution in [0.5, 0.6) is 11.5 Å². The minimum Gasteiger partial charge on any atom is -0.490 e. The number of carbonyl (C=O) groups is 2. The van der Waals surface area contributed by atoms with Crippen LogP contribution in [-0.2, 0) is 9.53 Å². The number of hydrogen-bond acceptors (Lipinski definition) is 7. The minimum absolute atomic E-state index is 0.274. The molecule has 8 heteroatoms. The van der Waals surface area contributed by atoms with Gasteiger partial charge in [-0.3, -0.25) is 10.1 Å². The Morgan fingerprint density at radius 3 is 2.42 bits per heavy atom. The number of nitrogens with one attached hydrogen (secondary N) is 1. The maximum Gasteiger partial charge on any atom is 0.338 e. The molecule has 3 aromatic rings. The van der Waals surface area contributed by atoms with Gasteiger partial charge in [-0.25, -0.2) is 9.78 Å². The lowest BCUT2D eigenvalue weighted by molar-refractivity contribution is -0.119. The van der Waals surface area contributed by atoms with Gasteiger partial charge in [0, 0.05) is 10.9 Å². The van der Waals surface area contributed by atoms with Gasteiger partial charge in [0.1, 0.15) is 0 Å². The summed E-state index contributed by atoms with van der Waals surface area (Å²) in [5.41, 5.74) is 3.18. The third-order valence-corrected chi connectivity index (χ3v) is 4.97. The molecule has 1 amide bonds. The first kappa shape index (κ1) is 22.3. The van der Waals surface area contributed by atoms with E-state index in [0.717, 1.165) is 16.8 Å². The van der Waals surface area contributed by atoms with E-state index in [1.807, 2.05) is 50.4 Å². The highest BCUT2D eigenvalue weighted by Gasteiger charge is 2.15. The predicted molar refractivity (Wildman–Crippen MR) is 120 cm³/mol. The lowest BCUT2D eigenvalue weighted by atomic mass is 10.1. The van der Waals surface area contributed by atoms with Crippen LogP contribution in [0.1, 0.15) is 29.8 Å². The largest absolute Gasteiger partial charge is 0.490 e. The van der Waals surface area contributed by atoms with Crippen LogP contribution in [0.4, 0.5) is 5.13 Å². The average Bonchev–Trinajstić information content (AvgIpc) is 3.22. The van der Waals surface area contributed by atoms with Crippen molar-refractivity contribution in [1.82, 2.24) is 4.98 Å². The van der Waals surface area contributed by atoms with Crippen LogP contribution in [0.2, 0.25) is 0 Å². The van der Waals surface area contributed by atoms with E-state index in [2.05, 4.69) is 10.3 Å². The number of thiazole rings is 1. The van der Waals surface area contributed by atoms with E-state index >= 15 is 0 Å². The van der Waals surface area contributed by atoms with Crippen LogP contribution in [0.3, 0.4) is 0 Å². The van der Waals surface area contributed by atoms with Crippen molar-refractivity contribution in [3.8, 4) is 22.8 Å².